The van der Waals surface area contributed by atoms with Gasteiger partial charge in [-0.05, 0) is 24.5 Å². The highest BCUT2D eigenvalue weighted by Crippen LogP contribution is 2.34. The summed E-state index contributed by atoms with van der Waals surface area (Å²) in [5.41, 5.74) is 1.01. The molecule has 0 radical (unpaired) electrons. The lowest BCUT2D eigenvalue weighted by atomic mass is 9.97. The summed E-state index contributed by atoms with van der Waals surface area (Å²) in [5, 5.41) is 0.725. The average molecular weight is 195 g/mol. The minimum Gasteiger partial charge on any atom is -0.299 e. The predicted octanol–water partition coefficient (Wildman–Crippen LogP) is 3.18. The van der Waals surface area contributed by atoms with E-state index in [9.17, 15) is 4.79 Å². The topological polar surface area (TPSA) is 17.1 Å². The van der Waals surface area contributed by atoms with Gasteiger partial charge in [-0.25, -0.2) is 0 Å². The maximum Gasteiger partial charge on any atom is 0.140 e. The Labute approximate surface area is 82.7 Å². The molecule has 1 aromatic rings. The smallest absolute Gasteiger partial charge is 0.140 e. The van der Waals surface area contributed by atoms with Gasteiger partial charge >= 0.3 is 0 Å². The molecule has 0 bridgehead atoms. The van der Waals surface area contributed by atoms with E-state index in [4.69, 9.17) is 11.6 Å². The Morgan fingerprint density at radius 2 is 2.08 bits per heavy atom. The Kier molecular flexibility index (Phi) is 2.36. The van der Waals surface area contributed by atoms with Crippen molar-refractivity contribution in [3.8, 4) is 0 Å². The van der Waals surface area contributed by atoms with Gasteiger partial charge in [0.25, 0.3) is 0 Å². The molecule has 68 valence electrons. The van der Waals surface area contributed by atoms with Crippen molar-refractivity contribution in [1.29, 1.82) is 0 Å². The molecular weight excluding hydrogens is 184 g/mol. The Bertz CT molecular complexity index is 333. The molecule has 1 saturated carbocycles. The summed E-state index contributed by atoms with van der Waals surface area (Å²) in [5.74, 6) is 0.404. The van der Waals surface area contributed by atoms with Gasteiger partial charge in [-0.15, -0.1) is 0 Å². The molecule has 0 N–H and O–H groups in total. The van der Waals surface area contributed by atoms with Crippen LogP contribution >= 0.6 is 11.6 Å². The monoisotopic (exact) mass is 194 g/mol. The van der Waals surface area contributed by atoms with Crippen molar-refractivity contribution in [3.63, 3.8) is 0 Å². The summed E-state index contributed by atoms with van der Waals surface area (Å²) >= 11 is 6.02. The first kappa shape index (κ1) is 8.76. The lowest BCUT2D eigenvalue weighted by Gasteiger charge is -2.09. The number of ketones is 1. The molecule has 1 nitrogen and oxygen atoms in total. The molecule has 0 aliphatic heterocycles. The van der Waals surface area contributed by atoms with E-state index in [1.807, 2.05) is 24.3 Å². The number of carbonyl (C=O) groups excluding carboxylic acids is 1. The zero-order valence-corrected chi connectivity index (χ0v) is 8.05. The molecule has 1 fully saturated rings. The van der Waals surface area contributed by atoms with Crippen LogP contribution < -0.4 is 0 Å². The van der Waals surface area contributed by atoms with Gasteiger partial charge in [0.2, 0.25) is 0 Å². The minimum absolute atomic E-state index is 0.0636. The molecule has 2 rings (SSSR count). The molecule has 13 heavy (non-hydrogen) atoms. The van der Waals surface area contributed by atoms with Crippen LogP contribution in [0.5, 0.6) is 0 Å². The highest BCUT2D eigenvalue weighted by Gasteiger charge is 2.27. The molecule has 1 aromatic carbocycles. The van der Waals surface area contributed by atoms with Crippen molar-refractivity contribution in [2.24, 2.45) is 0 Å². The molecule has 0 spiro atoms. The van der Waals surface area contributed by atoms with Gasteiger partial charge in [-0.1, -0.05) is 29.8 Å². The lowest BCUT2D eigenvalue weighted by molar-refractivity contribution is -0.118. The van der Waals surface area contributed by atoms with E-state index in [2.05, 4.69) is 0 Å². The second-order valence-electron chi connectivity index (χ2n) is 3.43. The SMILES string of the molecule is O=C1CCCC1c1ccccc1Cl. The van der Waals surface area contributed by atoms with Crippen LogP contribution in [-0.4, -0.2) is 5.78 Å². The lowest BCUT2D eigenvalue weighted by Crippen LogP contribution is -2.04. The summed E-state index contributed by atoms with van der Waals surface area (Å²) in [6.07, 6.45) is 2.69. The first-order valence-corrected chi connectivity index (χ1v) is 4.94. The quantitative estimate of drug-likeness (QED) is 0.671. The van der Waals surface area contributed by atoms with Crippen LogP contribution in [0.3, 0.4) is 0 Å². The predicted molar refractivity (Wildman–Crippen MR) is 53.1 cm³/mol. The summed E-state index contributed by atoms with van der Waals surface area (Å²) in [6.45, 7) is 0. The molecule has 1 unspecified atom stereocenters. The van der Waals surface area contributed by atoms with Gasteiger partial charge in [0.05, 0.1) is 0 Å². The third-order valence-corrected chi connectivity index (χ3v) is 2.93. The van der Waals surface area contributed by atoms with Crippen molar-refractivity contribution in [3.05, 3.63) is 34.9 Å². The van der Waals surface area contributed by atoms with E-state index >= 15 is 0 Å². The molecule has 0 saturated heterocycles. The standard InChI is InChI=1S/C11H11ClO/c12-10-6-2-1-4-8(10)9-5-3-7-11(9)13/h1-2,4,6,9H,3,5,7H2. The number of halogens is 1. The van der Waals surface area contributed by atoms with Crippen molar-refractivity contribution in [1.82, 2.24) is 0 Å². The Morgan fingerprint density at radius 1 is 1.31 bits per heavy atom. The first-order chi connectivity index (χ1) is 6.29. The van der Waals surface area contributed by atoms with Gasteiger partial charge in [0, 0.05) is 17.4 Å². The molecule has 0 aromatic heterocycles. The van der Waals surface area contributed by atoms with Crippen LogP contribution in [0.1, 0.15) is 30.7 Å². The fraction of sp³-hybridized carbons (Fsp3) is 0.364. The molecule has 2 heteroatoms. The summed E-state index contributed by atoms with van der Waals surface area (Å²) in [4.78, 5) is 11.5. The summed E-state index contributed by atoms with van der Waals surface area (Å²) in [7, 11) is 0. The number of benzene rings is 1. The van der Waals surface area contributed by atoms with Gasteiger partial charge in [-0.2, -0.15) is 0 Å². The van der Waals surface area contributed by atoms with Gasteiger partial charge in [-0.3, -0.25) is 4.79 Å². The number of hydrogen-bond donors (Lipinski definition) is 0. The van der Waals surface area contributed by atoms with Gasteiger partial charge < -0.3 is 0 Å². The van der Waals surface area contributed by atoms with Crippen LogP contribution in [0.4, 0.5) is 0 Å². The summed E-state index contributed by atoms with van der Waals surface area (Å²) in [6, 6.07) is 7.64. The van der Waals surface area contributed by atoms with Crippen LogP contribution in [0.2, 0.25) is 5.02 Å². The average Bonchev–Trinajstić information content (AvgIpc) is 2.52. The minimum atomic E-state index is 0.0636. The molecule has 1 aliphatic rings. The summed E-state index contributed by atoms with van der Waals surface area (Å²) < 4.78 is 0. The van der Waals surface area contributed by atoms with E-state index in [0.29, 0.717) is 5.78 Å². The van der Waals surface area contributed by atoms with Crippen molar-refractivity contribution >= 4 is 17.4 Å². The van der Waals surface area contributed by atoms with Gasteiger partial charge in [0.1, 0.15) is 5.78 Å². The first-order valence-electron chi connectivity index (χ1n) is 4.56. The van der Waals surface area contributed by atoms with Crippen LogP contribution in [0.25, 0.3) is 0 Å². The highest BCUT2D eigenvalue weighted by molar-refractivity contribution is 6.31. The second-order valence-corrected chi connectivity index (χ2v) is 3.84. The molecule has 0 amide bonds. The van der Waals surface area contributed by atoms with Crippen LogP contribution in [-0.2, 0) is 4.79 Å². The van der Waals surface area contributed by atoms with Crippen molar-refractivity contribution in [2.75, 3.05) is 0 Å². The maximum absolute atomic E-state index is 11.5. The number of hydrogen-bond acceptors (Lipinski definition) is 1. The van der Waals surface area contributed by atoms with Crippen LogP contribution in [0.15, 0.2) is 24.3 Å². The van der Waals surface area contributed by atoms with Crippen molar-refractivity contribution in [2.45, 2.75) is 25.2 Å². The molecule has 0 heterocycles. The fourth-order valence-corrected chi connectivity index (χ4v) is 2.17. The van der Waals surface area contributed by atoms with E-state index in [-0.39, 0.29) is 5.92 Å². The third kappa shape index (κ3) is 1.61. The Morgan fingerprint density at radius 3 is 2.69 bits per heavy atom. The molecule has 1 aliphatic carbocycles. The van der Waals surface area contributed by atoms with Crippen molar-refractivity contribution < 1.29 is 4.79 Å². The zero-order valence-electron chi connectivity index (χ0n) is 7.29. The Hall–Kier alpha value is -0.820. The zero-order chi connectivity index (χ0) is 9.26. The van der Waals surface area contributed by atoms with E-state index in [1.165, 1.54) is 0 Å². The fourth-order valence-electron chi connectivity index (χ4n) is 1.90. The van der Waals surface area contributed by atoms with E-state index < -0.39 is 0 Å². The van der Waals surface area contributed by atoms with Crippen LogP contribution in [0, 0.1) is 0 Å². The number of carbonyl (C=O) groups is 1. The largest absolute Gasteiger partial charge is 0.299 e. The van der Waals surface area contributed by atoms with Gasteiger partial charge in [0.15, 0.2) is 0 Å². The Balaban J connectivity index is 2.34. The maximum atomic E-state index is 11.5. The number of Topliss-reactive ketones (excluding diaryl/α,β-unsaturated/α-hetero) is 1. The molecule has 1 atom stereocenters. The third-order valence-electron chi connectivity index (χ3n) is 2.59. The normalized spacial score (nSPS) is 22.2. The second kappa shape index (κ2) is 3.51. The van der Waals surface area contributed by atoms with E-state index in [1.54, 1.807) is 0 Å². The molecular formula is C11H11ClO. The van der Waals surface area contributed by atoms with E-state index in [0.717, 1.165) is 29.8 Å². The number of rotatable bonds is 1. The highest BCUT2D eigenvalue weighted by atomic mass is 35.5.